The fourth-order valence-corrected chi connectivity index (χ4v) is 3.17. The Labute approximate surface area is 158 Å². The lowest BCUT2D eigenvalue weighted by atomic mass is 10.1. The highest BCUT2D eigenvalue weighted by Crippen LogP contribution is 2.22. The van der Waals surface area contributed by atoms with Gasteiger partial charge in [-0.05, 0) is 42.0 Å². The number of carbonyl (C=O) groups is 2. The molecule has 0 atom stereocenters. The van der Waals surface area contributed by atoms with E-state index >= 15 is 0 Å². The lowest BCUT2D eigenvalue weighted by Gasteiger charge is -2.09. The number of amides is 2. The van der Waals surface area contributed by atoms with Crippen LogP contribution in [0.4, 0.5) is 5.69 Å². The molecule has 138 valence electrons. The number of thioether (sulfide) groups is 1. The van der Waals surface area contributed by atoms with E-state index in [-0.39, 0.29) is 18.4 Å². The van der Waals surface area contributed by atoms with Crippen LogP contribution in [0.15, 0.2) is 53.4 Å². The molecule has 2 rings (SSSR count). The zero-order chi connectivity index (χ0) is 18.9. The van der Waals surface area contributed by atoms with Crippen molar-refractivity contribution in [2.75, 3.05) is 19.0 Å². The van der Waals surface area contributed by atoms with Crippen molar-refractivity contribution in [2.45, 2.75) is 30.5 Å². The number of carbonyl (C=O) groups excluding carboxylic acids is 2. The highest BCUT2D eigenvalue weighted by atomic mass is 32.2. The average molecular weight is 372 g/mol. The second kappa shape index (κ2) is 9.99. The number of benzene rings is 2. The molecule has 0 aromatic heterocycles. The molecule has 2 aromatic carbocycles. The van der Waals surface area contributed by atoms with E-state index in [4.69, 9.17) is 4.74 Å². The highest BCUT2D eigenvalue weighted by molar-refractivity contribution is 7.99. The zero-order valence-electron chi connectivity index (χ0n) is 15.2. The van der Waals surface area contributed by atoms with Gasteiger partial charge in [0.25, 0.3) is 5.91 Å². The van der Waals surface area contributed by atoms with E-state index in [1.54, 1.807) is 17.8 Å². The molecule has 0 spiro atoms. The largest absolute Gasteiger partial charge is 0.375 e. The maximum atomic E-state index is 12.3. The molecule has 26 heavy (non-hydrogen) atoms. The molecule has 2 amide bonds. The zero-order valence-corrected chi connectivity index (χ0v) is 16.1. The van der Waals surface area contributed by atoms with Crippen LogP contribution in [-0.4, -0.2) is 30.8 Å². The molecule has 0 saturated heterocycles. The minimum absolute atomic E-state index is 0.00601. The number of nitrogens with one attached hydrogen (secondary N) is 2. The van der Waals surface area contributed by atoms with Crippen LogP contribution in [0.5, 0.6) is 0 Å². The van der Waals surface area contributed by atoms with E-state index in [9.17, 15) is 9.59 Å². The minimum Gasteiger partial charge on any atom is -0.375 e. The van der Waals surface area contributed by atoms with Gasteiger partial charge in [-0.3, -0.25) is 9.59 Å². The van der Waals surface area contributed by atoms with Crippen LogP contribution in [0.25, 0.3) is 0 Å². The van der Waals surface area contributed by atoms with Crippen molar-refractivity contribution in [3.05, 3.63) is 59.7 Å². The lowest BCUT2D eigenvalue weighted by Crippen LogP contribution is -2.23. The highest BCUT2D eigenvalue weighted by Gasteiger charge is 2.07. The average Bonchev–Trinajstić information content (AvgIpc) is 2.60. The van der Waals surface area contributed by atoms with Gasteiger partial charge in [-0.15, -0.1) is 11.8 Å². The summed E-state index contributed by atoms with van der Waals surface area (Å²) in [4.78, 5) is 25.0. The molecular weight excluding hydrogens is 348 g/mol. The summed E-state index contributed by atoms with van der Waals surface area (Å²) in [7, 11) is 1.47. The van der Waals surface area contributed by atoms with Gasteiger partial charge in [0.1, 0.15) is 6.61 Å². The maximum Gasteiger partial charge on any atom is 0.251 e. The third-order valence-electron chi connectivity index (χ3n) is 3.43. The van der Waals surface area contributed by atoms with Crippen molar-refractivity contribution >= 4 is 29.3 Å². The lowest BCUT2D eigenvalue weighted by molar-refractivity contribution is -0.119. The summed E-state index contributed by atoms with van der Waals surface area (Å²) >= 11 is 1.76. The predicted octanol–water partition coefficient (Wildman–Crippen LogP) is 3.70. The molecule has 0 bridgehead atoms. The molecule has 0 radical (unpaired) electrons. The van der Waals surface area contributed by atoms with Gasteiger partial charge in [-0.25, -0.2) is 0 Å². The maximum absolute atomic E-state index is 12.3. The monoisotopic (exact) mass is 372 g/mol. The van der Waals surface area contributed by atoms with E-state index < -0.39 is 0 Å². The number of hydrogen-bond acceptors (Lipinski definition) is 4. The summed E-state index contributed by atoms with van der Waals surface area (Å²) in [6.07, 6.45) is 0. The Balaban J connectivity index is 1.91. The molecule has 5 nitrogen and oxygen atoms in total. The first-order valence-corrected chi connectivity index (χ1v) is 9.28. The molecule has 0 aliphatic carbocycles. The van der Waals surface area contributed by atoms with Crippen LogP contribution in [0.3, 0.4) is 0 Å². The normalized spacial score (nSPS) is 10.6. The molecule has 2 aromatic rings. The molecule has 0 saturated carbocycles. The topological polar surface area (TPSA) is 67.4 Å². The number of ether oxygens (including phenoxy) is 1. The summed E-state index contributed by atoms with van der Waals surface area (Å²) < 4.78 is 4.79. The van der Waals surface area contributed by atoms with Gasteiger partial charge in [0, 0.05) is 35.1 Å². The van der Waals surface area contributed by atoms with Crippen molar-refractivity contribution in [1.29, 1.82) is 0 Å². The van der Waals surface area contributed by atoms with Crippen molar-refractivity contribution in [3.8, 4) is 0 Å². The molecular formula is C20H24N2O3S. The summed E-state index contributed by atoms with van der Waals surface area (Å²) in [5, 5.41) is 6.15. The minimum atomic E-state index is -0.215. The van der Waals surface area contributed by atoms with Gasteiger partial charge in [-0.2, -0.15) is 0 Å². The summed E-state index contributed by atoms with van der Waals surface area (Å²) in [5.41, 5.74) is 2.21. The van der Waals surface area contributed by atoms with Crippen molar-refractivity contribution in [3.63, 3.8) is 0 Å². The standard InChI is InChI=1S/C20H24N2O3S/c1-14(2)26-18-9-7-16(8-10-18)20(24)21-12-15-5-4-6-17(11-15)22-19(23)13-25-3/h4-11,14H,12-13H2,1-3H3,(H,21,24)(H,22,23). The van der Waals surface area contributed by atoms with E-state index in [0.29, 0.717) is 23.0 Å². The van der Waals surface area contributed by atoms with Crippen LogP contribution in [0.2, 0.25) is 0 Å². The Kier molecular flexibility index (Phi) is 7.69. The Hall–Kier alpha value is -2.31. The van der Waals surface area contributed by atoms with Gasteiger partial charge in [0.05, 0.1) is 0 Å². The first kappa shape index (κ1) is 20.0. The van der Waals surface area contributed by atoms with Gasteiger partial charge in [0.2, 0.25) is 5.91 Å². The molecule has 2 N–H and O–H groups in total. The van der Waals surface area contributed by atoms with Crippen LogP contribution in [0, 0.1) is 0 Å². The second-order valence-electron chi connectivity index (χ2n) is 6.06. The van der Waals surface area contributed by atoms with E-state index in [0.717, 1.165) is 10.5 Å². The van der Waals surface area contributed by atoms with E-state index in [2.05, 4.69) is 24.5 Å². The van der Waals surface area contributed by atoms with Gasteiger partial charge in [-0.1, -0.05) is 26.0 Å². The van der Waals surface area contributed by atoms with Gasteiger partial charge in [0.15, 0.2) is 0 Å². The molecule has 0 heterocycles. The third-order valence-corrected chi connectivity index (χ3v) is 4.44. The Morgan fingerprint density at radius 2 is 1.85 bits per heavy atom. The van der Waals surface area contributed by atoms with Crippen LogP contribution in [0.1, 0.15) is 29.8 Å². The second-order valence-corrected chi connectivity index (χ2v) is 7.71. The first-order chi connectivity index (χ1) is 12.5. The number of methoxy groups -OCH3 is 1. The van der Waals surface area contributed by atoms with Crippen LogP contribution >= 0.6 is 11.8 Å². The van der Waals surface area contributed by atoms with Gasteiger partial charge >= 0.3 is 0 Å². The first-order valence-electron chi connectivity index (χ1n) is 8.40. The quantitative estimate of drug-likeness (QED) is 0.694. The Morgan fingerprint density at radius 3 is 2.50 bits per heavy atom. The Bertz CT molecular complexity index is 745. The molecule has 6 heteroatoms. The fraction of sp³-hybridized carbons (Fsp3) is 0.300. The predicted molar refractivity (Wildman–Crippen MR) is 106 cm³/mol. The van der Waals surface area contributed by atoms with E-state index in [1.807, 2.05) is 42.5 Å². The third kappa shape index (κ3) is 6.54. The SMILES string of the molecule is COCC(=O)Nc1cccc(CNC(=O)c2ccc(SC(C)C)cc2)c1. The number of rotatable bonds is 8. The van der Waals surface area contributed by atoms with Crippen molar-refractivity contribution in [2.24, 2.45) is 0 Å². The number of anilines is 1. The fourth-order valence-electron chi connectivity index (χ4n) is 2.33. The molecule has 0 aliphatic rings. The summed E-state index contributed by atoms with van der Waals surface area (Å²) in [5.74, 6) is -0.340. The Morgan fingerprint density at radius 1 is 1.12 bits per heavy atom. The molecule has 0 aliphatic heterocycles. The van der Waals surface area contributed by atoms with Gasteiger partial charge < -0.3 is 15.4 Å². The van der Waals surface area contributed by atoms with Crippen molar-refractivity contribution < 1.29 is 14.3 Å². The summed E-state index contributed by atoms with van der Waals surface area (Å²) in [6, 6.07) is 15.0. The smallest absolute Gasteiger partial charge is 0.251 e. The molecule has 0 unspecified atom stereocenters. The van der Waals surface area contributed by atoms with Crippen LogP contribution in [-0.2, 0) is 16.1 Å². The van der Waals surface area contributed by atoms with Crippen molar-refractivity contribution in [1.82, 2.24) is 5.32 Å². The number of hydrogen-bond donors (Lipinski definition) is 2. The molecule has 0 fully saturated rings. The summed E-state index contributed by atoms with van der Waals surface area (Å²) in [6.45, 7) is 4.66. The van der Waals surface area contributed by atoms with Crippen LogP contribution < -0.4 is 10.6 Å². The van der Waals surface area contributed by atoms with E-state index in [1.165, 1.54) is 7.11 Å².